The standard InChI is InChI=1S/C12H19NS/c1-3-9-13(2)10-11-14-12-7-5-4-6-8-12/h4-8H,3,9-11H2,1-2H3. The van der Waals surface area contributed by atoms with Crippen LogP contribution in [0.15, 0.2) is 35.2 Å². The van der Waals surface area contributed by atoms with Crippen LogP contribution in [0.25, 0.3) is 0 Å². The lowest BCUT2D eigenvalue weighted by Gasteiger charge is -2.14. The minimum atomic E-state index is 1.17. The molecule has 1 aromatic carbocycles. The maximum atomic E-state index is 2.38. The summed E-state index contributed by atoms with van der Waals surface area (Å²) in [4.78, 5) is 3.76. The van der Waals surface area contributed by atoms with Gasteiger partial charge in [-0.15, -0.1) is 11.8 Å². The minimum absolute atomic E-state index is 1.17. The molecule has 0 aromatic heterocycles. The highest BCUT2D eigenvalue weighted by Crippen LogP contribution is 2.16. The Hall–Kier alpha value is -0.470. The molecule has 1 aromatic rings. The van der Waals surface area contributed by atoms with Gasteiger partial charge in [0.1, 0.15) is 0 Å². The van der Waals surface area contributed by atoms with E-state index in [0.29, 0.717) is 0 Å². The summed E-state index contributed by atoms with van der Waals surface area (Å²) < 4.78 is 0. The first-order chi connectivity index (χ1) is 6.83. The van der Waals surface area contributed by atoms with Gasteiger partial charge in [-0.1, -0.05) is 25.1 Å². The van der Waals surface area contributed by atoms with Gasteiger partial charge in [0, 0.05) is 17.2 Å². The molecule has 1 nitrogen and oxygen atoms in total. The van der Waals surface area contributed by atoms with Gasteiger partial charge in [-0.2, -0.15) is 0 Å². The Morgan fingerprint density at radius 2 is 1.86 bits per heavy atom. The summed E-state index contributed by atoms with van der Waals surface area (Å²) in [7, 11) is 2.19. The van der Waals surface area contributed by atoms with Crippen LogP contribution in [-0.2, 0) is 0 Å². The molecule has 0 aliphatic carbocycles. The van der Waals surface area contributed by atoms with E-state index in [2.05, 4.69) is 49.2 Å². The first kappa shape index (κ1) is 11.6. The average molecular weight is 209 g/mol. The molecule has 0 aliphatic rings. The highest BCUT2D eigenvalue weighted by Gasteiger charge is 1.96. The largest absolute Gasteiger partial charge is 0.306 e. The van der Waals surface area contributed by atoms with Gasteiger partial charge < -0.3 is 4.90 Å². The SMILES string of the molecule is CCCN(C)CCSc1ccccc1. The molecule has 0 fully saturated rings. The van der Waals surface area contributed by atoms with Crippen LogP contribution < -0.4 is 0 Å². The van der Waals surface area contributed by atoms with Crippen molar-refractivity contribution in [3.8, 4) is 0 Å². The second kappa shape index (κ2) is 6.91. The third kappa shape index (κ3) is 4.68. The van der Waals surface area contributed by atoms with Crippen LogP contribution in [0.1, 0.15) is 13.3 Å². The summed E-state index contributed by atoms with van der Waals surface area (Å²) in [6.45, 7) is 4.60. The number of rotatable bonds is 6. The van der Waals surface area contributed by atoms with Gasteiger partial charge in [0.15, 0.2) is 0 Å². The summed E-state index contributed by atoms with van der Waals surface area (Å²) in [6, 6.07) is 10.6. The highest BCUT2D eigenvalue weighted by molar-refractivity contribution is 7.99. The van der Waals surface area contributed by atoms with Crippen LogP contribution in [0.5, 0.6) is 0 Å². The molecule has 0 saturated carbocycles. The van der Waals surface area contributed by atoms with E-state index < -0.39 is 0 Å². The van der Waals surface area contributed by atoms with Crippen LogP contribution in [-0.4, -0.2) is 30.8 Å². The minimum Gasteiger partial charge on any atom is -0.306 e. The zero-order chi connectivity index (χ0) is 10.2. The van der Waals surface area contributed by atoms with Gasteiger partial charge in [-0.25, -0.2) is 0 Å². The smallest absolute Gasteiger partial charge is 0.0108 e. The molecule has 0 bridgehead atoms. The van der Waals surface area contributed by atoms with Crippen molar-refractivity contribution < 1.29 is 0 Å². The highest BCUT2D eigenvalue weighted by atomic mass is 32.2. The maximum absolute atomic E-state index is 2.38. The van der Waals surface area contributed by atoms with Crippen molar-refractivity contribution in [1.29, 1.82) is 0 Å². The Labute approximate surface area is 91.5 Å². The Morgan fingerprint density at radius 1 is 1.14 bits per heavy atom. The van der Waals surface area contributed by atoms with Crippen molar-refractivity contribution in [1.82, 2.24) is 4.90 Å². The molecule has 0 heterocycles. The number of hydrogen-bond donors (Lipinski definition) is 0. The summed E-state index contributed by atoms with van der Waals surface area (Å²) in [6.07, 6.45) is 1.24. The first-order valence-corrected chi connectivity index (χ1v) is 6.18. The molecule has 14 heavy (non-hydrogen) atoms. The van der Waals surface area contributed by atoms with Crippen LogP contribution in [0.3, 0.4) is 0 Å². The summed E-state index contributed by atoms with van der Waals surface area (Å²) in [5.41, 5.74) is 0. The quantitative estimate of drug-likeness (QED) is 0.662. The molecule has 0 radical (unpaired) electrons. The fraction of sp³-hybridized carbons (Fsp3) is 0.500. The Bertz CT molecular complexity index is 235. The van der Waals surface area contributed by atoms with Gasteiger partial charge in [-0.05, 0) is 32.1 Å². The third-order valence-corrected chi connectivity index (χ3v) is 3.08. The molecule has 0 spiro atoms. The van der Waals surface area contributed by atoms with E-state index in [9.17, 15) is 0 Å². The van der Waals surface area contributed by atoms with Crippen molar-refractivity contribution in [2.24, 2.45) is 0 Å². The lowest BCUT2D eigenvalue weighted by atomic mass is 10.4. The molecule has 0 amide bonds. The molecule has 78 valence electrons. The molecule has 0 unspecified atom stereocenters. The molecule has 0 N–H and O–H groups in total. The third-order valence-electron chi connectivity index (χ3n) is 2.09. The molecule has 2 heteroatoms. The summed E-state index contributed by atoms with van der Waals surface area (Å²) >= 11 is 1.93. The summed E-state index contributed by atoms with van der Waals surface area (Å²) in [5.74, 6) is 1.18. The predicted molar refractivity (Wildman–Crippen MR) is 65.0 cm³/mol. The predicted octanol–water partition coefficient (Wildman–Crippen LogP) is 3.12. The fourth-order valence-electron chi connectivity index (χ4n) is 1.33. The Balaban J connectivity index is 2.16. The van der Waals surface area contributed by atoms with Crippen molar-refractivity contribution >= 4 is 11.8 Å². The molecule has 0 aliphatic heterocycles. The van der Waals surface area contributed by atoms with E-state index in [-0.39, 0.29) is 0 Å². The average Bonchev–Trinajstić information content (AvgIpc) is 2.20. The van der Waals surface area contributed by atoms with Crippen molar-refractivity contribution in [2.75, 3.05) is 25.9 Å². The zero-order valence-electron chi connectivity index (χ0n) is 9.07. The second-order valence-corrected chi connectivity index (χ2v) is 4.63. The van der Waals surface area contributed by atoms with Crippen LogP contribution in [0.2, 0.25) is 0 Å². The van der Waals surface area contributed by atoms with Crippen LogP contribution in [0, 0.1) is 0 Å². The van der Waals surface area contributed by atoms with E-state index >= 15 is 0 Å². The lowest BCUT2D eigenvalue weighted by Crippen LogP contribution is -2.21. The number of nitrogens with zero attached hydrogens (tertiary/aromatic N) is 1. The molecule has 1 rings (SSSR count). The van der Waals surface area contributed by atoms with Gasteiger partial charge >= 0.3 is 0 Å². The van der Waals surface area contributed by atoms with E-state index in [1.54, 1.807) is 0 Å². The van der Waals surface area contributed by atoms with Crippen molar-refractivity contribution in [3.63, 3.8) is 0 Å². The van der Waals surface area contributed by atoms with Gasteiger partial charge in [0.05, 0.1) is 0 Å². The summed E-state index contributed by atoms with van der Waals surface area (Å²) in [5, 5.41) is 0. The topological polar surface area (TPSA) is 3.24 Å². The Kier molecular flexibility index (Phi) is 5.72. The number of thioether (sulfide) groups is 1. The van der Waals surface area contributed by atoms with E-state index in [1.165, 1.54) is 30.2 Å². The zero-order valence-corrected chi connectivity index (χ0v) is 9.89. The van der Waals surface area contributed by atoms with Crippen molar-refractivity contribution in [2.45, 2.75) is 18.2 Å². The fourth-order valence-corrected chi connectivity index (χ4v) is 2.32. The van der Waals surface area contributed by atoms with Gasteiger partial charge in [0.2, 0.25) is 0 Å². The maximum Gasteiger partial charge on any atom is 0.0108 e. The van der Waals surface area contributed by atoms with E-state index in [0.717, 1.165) is 0 Å². The van der Waals surface area contributed by atoms with E-state index in [1.807, 2.05) is 11.8 Å². The van der Waals surface area contributed by atoms with E-state index in [4.69, 9.17) is 0 Å². The molecule has 0 atom stereocenters. The Morgan fingerprint density at radius 3 is 2.50 bits per heavy atom. The molecular formula is C12H19NS. The monoisotopic (exact) mass is 209 g/mol. The first-order valence-electron chi connectivity index (χ1n) is 5.19. The normalized spacial score (nSPS) is 10.8. The van der Waals surface area contributed by atoms with Gasteiger partial charge in [0.25, 0.3) is 0 Å². The number of benzene rings is 1. The lowest BCUT2D eigenvalue weighted by molar-refractivity contribution is 0.356. The molecule has 0 saturated heterocycles. The van der Waals surface area contributed by atoms with Gasteiger partial charge in [-0.3, -0.25) is 0 Å². The van der Waals surface area contributed by atoms with Crippen LogP contribution >= 0.6 is 11.8 Å². The second-order valence-electron chi connectivity index (χ2n) is 3.46. The van der Waals surface area contributed by atoms with Crippen molar-refractivity contribution in [3.05, 3.63) is 30.3 Å². The molecular weight excluding hydrogens is 190 g/mol. The number of hydrogen-bond acceptors (Lipinski definition) is 2. The van der Waals surface area contributed by atoms with Crippen LogP contribution in [0.4, 0.5) is 0 Å².